The molecule has 0 bridgehead atoms. The highest BCUT2D eigenvalue weighted by atomic mass is 35.5. The lowest BCUT2D eigenvalue weighted by Gasteiger charge is -2.34. The topological polar surface area (TPSA) is 215 Å². The number of nitrogens with one attached hydrogen (secondary N) is 5. The zero-order chi connectivity index (χ0) is 46.6. The second-order valence-corrected chi connectivity index (χ2v) is 20.0. The summed E-state index contributed by atoms with van der Waals surface area (Å²) >= 11 is 6.46. The third-order valence-corrected chi connectivity index (χ3v) is 13.3. The van der Waals surface area contributed by atoms with E-state index in [9.17, 15) is 23.7 Å². The number of benzene rings is 3. The highest BCUT2D eigenvalue weighted by molar-refractivity contribution is 7.70. The number of para-hydroxylation sites is 1. The van der Waals surface area contributed by atoms with Crippen molar-refractivity contribution in [3.8, 4) is 5.75 Å². The molecule has 20 heteroatoms. The van der Waals surface area contributed by atoms with Crippen molar-refractivity contribution in [3.05, 3.63) is 83.0 Å². The summed E-state index contributed by atoms with van der Waals surface area (Å²) in [6, 6.07) is 17.8. The number of methoxy groups -OCH3 is 1. The van der Waals surface area contributed by atoms with Gasteiger partial charge < -0.3 is 49.7 Å². The smallest absolute Gasteiger partial charge is 0.264 e. The van der Waals surface area contributed by atoms with Crippen molar-refractivity contribution in [2.75, 3.05) is 107 Å². The fourth-order valence-corrected chi connectivity index (χ4v) is 9.37. The van der Waals surface area contributed by atoms with Crippen molar-refractivity contribution in [1.29, 1.82) is 0 Å². The summed E-state index contributed by atoms with van der Waals surface area (Å²) in [6.45, 7) is 9.24. The van der Waals surface area contributed by atoms with Crippen LogP contribution < -0.4 is 41.5 Å². The first-order chi connectivity index (χ1) is 31.9. The van der Waals surface area contributed by atoms with Gasteiger partial charge >= 0.3 is 0 Å². The third-order valence-electron chi connectivity index (χ3n) is 11.4. The highest BCUT2D eigenvalue weighted by Gasteiger charge is 2.45. The summed E-state index contributed by atoms with van der Waals surface area (Å²) in [5.41, 5.74) is 3.37. The van der Waals surface area contributed by atoms with Crippen LogP contribution in [0.2, 0.25) is 5.02 Å². The molecule has 1 unspecified atom stereocenters. The molecule has 0 spiro atoms. The first-order valence-electron chi connectivity index (χ1n) is 22.1. The van der Waals surface area contributed by atoms with Gasteiger partial charge in [0.1, 0.15) is 24.0 Å². The van der Waals surface area contributed by atoms with Gasteiger partial charge in [-0.05, 0) is 82.0 Å². The zero-order valence-electron chi connectivity index (χ0n) is 37.4. The average molecular weight is 946 g/mol. The first-order valence-corrected chi connectivity index (χ1v) is 25.1. The molecular formula is C46H57ClN9O9P. The Labute approximate surface area is 389 Å². The van der Waals surface area contributed by atoms with E-state index in [2.05, 4.69) is 47.5 Å². The number of nitrogens with zero attached hydrogens (tertiary/aromatic N) is 4. The van der Waals surface area contributed by atoms with Crippen LogP contribution in [0.15, 0.2) is 66.9 Å². The first kappa shape index (κ1) is 48.3. The lowest BCUT2D eigenvalue weighted by molar-refractivity contribution is -0.136. The molecule has 3 aromatic carbocycles. The van der Waals surface area contributed by atoms with Gasteiger partial charge in [0, 0.05) is 61.4 Å². The van der Waals surface area contributed by atoms with Crippen LogP contribution in [0.3, 0.4) is 0 Å². The lowest BCUT2D eigenvalue weighted by Crippen LogP contribution is -2.54. The standard InChI is InChI=1S/C46H57ClN9O9P/c1-62-38-28-31(12-13-34(38)52-46-50-29-33(47)42(54-46)51-35-9-4-5-11-39(35)66(2,3)61)55-20-16-30(17-21-55)48-18-7-22-63-24-26-65-27-25-64-23-19-49-36-10-6-8-32-41(36)45(60)56(44(32)59)37-14-15-40(57)53-43(37)58/h4-6,8-13,28-30,37,48-49H,7,14-27H2,1-3H3,(H,53,57,58)(H2,50,51,52,54). The van der Waals surface area contributed by atoms with Crippen molar-refractivity contribution in [2.45, 2.75) is 44.2 Å². The maximum atomic E-state index is 13.2. The average Bonchev–Trinajstić information content (AvgIpc) is 3.56. The Hall–Kier alpha value is -5.62. The molecule has 7 rings (SSSR count). The SMILES string of the molecule is COc1cc(N2CCC(NCCCOCCOCCOCCNc3cccc4c3C(=O)N(C3CCC(=O)NC3=O)C4=O)CC2)ccc1Nc1ncc(Cl)c(Nc2ccccc2P(C)(C)=O)n1. The number of carbonyl (C=O) groups is 4. The molecular weight excluding hydrogens is 889 g/mol. The molecule has 5 N–H and O–H groups in total. The molecule has 1 atom stereocenters. The van der Waals surface area contributed by atoms with Crippen molar-refractivity contribution < 1.29 is 42.7 Å². The van der Waals surface area contributed by atoms with Crippen LogP contribution in [0, 0.1) is 0 Å². The number of piperidine rings is 2. The lowest BCUT2D eigenvalue weighted by atomic mass is 10.0. The monoisotopic (exact) mass is 945 g/mol. The van der Waals surface area contributed by atoms with E-state index in [1.807, 2.05) is 36.4 Å². The van der Waals surface area contributed by atoms with Crippen LogP contribution in [0.1, 0.15) is 52.8 Å². The van der Waals surface area contributed by atoms with Crippen LogP contribution in [-0.2, 0) is 28.4 Å². The Morgan fingerprint density at radius 2 is 1.55 bits per heavy atom. The number of halogens is 1. The largest absolute Gasteiger partial charge is 0.494 e. The van der Waals surface area contributed by atoms with Gasteiger partial charge in [-0.1, -0.05) is 29.8 Å². The fraction of sp³-hybridized carbons (Fsp3) is 0.435. The Kier molecular flexibility index (Phi) is 16.6. The van der Waals surface area contributed by atoms with Gasteiger partial charge in [0.2, 0.25) is 17.8 Å². The molecule has 18 nitrogen and oxygen atoms in total. The minimum absolute atomic E-state index is 0.0643. The number of amides is 4. The minimum Gasteiger partial charge on any atom is -0.494 e. The number of carbonyl (C=O) groups excluding carboxylic acids is 4. The van der Waals surface area contributed by atoms with Crippen LogP contribution in [0.25, 0.3) is 0 Å². The van der Waals surface area contributed by atoms with E-state index in [1.165, 1.54) is 6.20 Å². The summed E-state index contributed by atoms with van der Waals surface area (Å²) in [7, 11) is -0.918. The number of fused-ring (bicyclic) bond motifs is 1. The van der Waals surface area contributed by atoms with Gasteiger partial charge in [0.05, 0.1) is 68.8 Å². The van der Waals surface area contributed by atoms with Gasteiger partial charge in [0.25, 0.3) is 11.8 Å². The highest BCUT2D eigenvalue weighted by Crippen LogP contribution is 2.39. The summed E-state index contributed by atoms with van der Waals surface area (Å²) in [5.74, 6) is -0.782. The number of imide groups is 2. The van der Waals surface area contributed by atoms with Crippen LogP contribution in [0.5, 0.6) is 5.75 Å². The van der Waals surface area contributed by atoms with Gasteiger partial charge in [0.15, 0.2) is 5.82 Å². The molecule has 352 valence electrons. The Morgan fingerprint density at radius 1 is 0.818 bits per heavy atom. The molecule has 2 saturated heterocycles. The Balaban J connectivity index is 0.729. The van der Waals surface area contributed by atoms with Gasteiger partial charge in [-0.3, -0.25) is 29.4 Å². The molecule has 0 saturated carbocycles. The van der Waals surface area contributed by atoms with E-state index >= 15 is 0 Å². The molecule has 1 aromatic heterocycles. The van der Waals surface area contributed by atoms with Gasteiger partial charge in [-0.25, -0.2) is 4.98 Å². The predicted molar refractivity (Wildman–Crippen MR) is 254 cm³/mol. The molecule has 4 heterocycles. The van der Waals surface area contributed by atoms with Crippen LogP contribution in [-0.4, -0.2) is 137 Å². The van der Waals surface area contributed by atoms with Crippen LogP contribution in [0.4, 0.5) is 34.5 Å². The summed E-state index contributed by atoms with van der Waals surface area (Å²) in [4.78, 5) is 62.5. The Bertz CT molecular complexity index is 2430. The minimum atomic E-state index is -2.55. The van der Waals surface area contributed by atoms with E-state index in [4.69, 9.17) is 30.5 Å². The second kappa shape index (κ2) is 22.7. The van der Waals surface area contributed by atoms with Crippen LogP contribution >= 0.6 is 18.7 Å². The molecule has 4 aromatic rings. The molecule has 3 aliphatic rings. The molecule has 0 aliphatic carbocycles. The van der Waals surface area contributed by atoms with Crippen molar-refractivity contribution in [2.24, 2.45) is 0 Å². The number of hydrogen-bond acceptors (Lipinski definition) is 16. The molecule has 2 fully saturated rings. The second-order valence-electron chi connectivity index (χ2n) is 16.4. The van der Waals surface area contributed by atoms with Crippen molar-refractivity contribution in [1.82, 2.24) is 25.5 Å². The molecule has 66 heavy (non-hydrogen) atoms. The van der Waals surface area contributed by atoms with Crippen molar-refractivity contribution >= 4 is 82.2 Å². The fourth-order valence-electron chi connectivity index (χ4n) is 8.08. The quantitative estimate of drug-likeness (QED) is 0.0358. The number of ether oxygens (including phenoxy) is 4. The zero-order valence-corrected chi connectivity index (χ0v) is 39.1. The molecule has 4 amide bonds. The summed E-state index contributed by atoms with van der Waals surface area (Å²) in [5, 5.41) is 16.6. The number of anilines is 6. The van der Waals surface area contributed by atoms with E-state index in [-0.39, 0.29) is 24.0 Å². The molecule has 0 radical (unpaired) electrons. The Morgan fingerprint density at radius 3 is 2.29 bits per heavy atom. The van der Waals surface area contributed by atoms with Gasteiger partial charge in [-0.15, -0.1) is 0 Å². The van der Waals surface area contributed by atoms with Gasteiger partial charge in [-0.2, -0.15) is 4.98 Å². The maximum Gasteiger partial charge on any atom is 0.264 e. The number of aromatic nitrogens is 2. The van der Waals surface area contributed by atoms with E-state index in [1.54, 1.807) is 38.6 Å². The third kappa shape index (κ3) is 12.2. The number of hydrogen-bond donors (Lipinski definition) is 5. The van der Waals surface area contributed by atoms with E-state index in [0.29, 0.717) is 97.1 Å². The number of rotatable bonds is 23. The predicted octanol–water partition coefficient (Wildman–Crippen LogP) is 5.39. The summed E-state index contributed by atoms with van der Waals surface area (Å²) in [6.07, 6.45) is 4.60. The summed E-state index contributed by atoms with van der Waals surface area (Å²) < 4.78 is 35.7. The van der Waals surface area contributed by atoms with E-state index in [0.717, 1.165) is 49.5 Å². The van der Waals surface area contributed by atoms with E-state index < -0.39 is 36.8 Å². The van der Waals surface area contributed by atoms with Crippen molar-refractivity contribution in [3.63, 3.8) is 0 Å². The maximum absolute atomic E-state index is 13.2. The molecule has 3 aliphatic heterocycles. The normalized spacial score (nSPS) is 16.6.